The number of benzene rings is 2. The molecule has 162 valence electrons. The van der Waals surface area contributed by atoms with E-state index in [2.05, 4.69) is 21.0 Å². The van der Waals surface area contributed by atoms with Gasteiger partial charge in [0, 0.05) is 29.2 Å². The molecule has 0 aliphatic carbocycles. The van der Waals surface area contributed by atoms with Crippen LogP contribution in [0.4, 0.5) is 0 Å². The number of allylic oxidation sites excluding steroid dienone is 1. The predicted octanol–water partition coefficient (Wildman–Crippen LogP) is 6.01. The predicted molar refractivity (Wildman–Crippen MR) is 131 cm³/mol. The molecule has 2 aromatic carbocycles. The minimum absolute atomic E-state index is 0.0427. The first kappa shape index (κ1) is 21.8. The zero-order valence-electron chi connectivity index (χ0n) is 18.2. The molecule has 0 saturated heterocycles. The van der Waals surface area contributed by atoms with Crippen molar-refractivity contribution < 1.29 is 9.53 Å². The van der Waals surface area contributed by atoms with Crippen molar-refractivity contribution in [3.05, 3.63) is 106 Å². The number of aryl methyl sites for hydroxylation is 1. The van der Waals surface area contributed by atoms with Gasteiger partial charge in [0.2, 0.25) is 0 Å². The molecule has 0 atom stereocenters. The minimum atomic E-state index is -0.0427. The SMILES string of the molecule is COc1ccc(/C=C/C(=O)c2cccc(-n3cccc3)c2)cc1Cn1nc(C)c(Br)c1C. The lowest BCUT2D eigenvalue weighted by Crippen LogP contribution is -2.06. The molecule has 0 spiro atoms. The number of rotatable bonds is 7. The van der Waals surface area contributed by atoms with Crippen molar-refractivity contribution in [2.45, 2.75) is 20.4 Å². The Hall–Kier alpha value is -3.38. The lowest BCUT2D eigenvalue weighted by molar-refractivity contribution is 0.104. The number of ether oxygens (including phenoxy) is 1. The summed E-state index contributed by atoms with van der Waals surface area (Å²) in [6, 6.07) is 17.4. The Morgan fingerprint density at radius 3 is 2.56 bits per heavy atom. The van der Waals surface area contributed by atoms with Gasteiger partial charge in [0.05, 0.1) is 29.5 Å². The van der Waals surface area contributed by atoms with Crippen LogP contribution in [0.15, 0.2) is 77.5 Å². The highest BCUT2D eigenvalue weighted by atomic mass is 79.9. The second-order valence-electron chi connectivity index (χ2n) is 7.55. The van der Waals surface area contributed by atoms with Crippen LogP contribution in [0.1, 0.15) is 32.9 Å². The average Bonchev–Trinajstić information content (AvgIpc) is 3.43. The summed E-state index contributed by atoms with van der Waals surface area (Å²) in [6.45, 7) is 4.58. The zero-order valence-corrected chi connectivity index (χ0v) is 19.8. The van der Waals surface area contributed by atoms with E-state index in [0.29, 0.717) is 12.1 Å². The summed E-state index contributed by atoms with van der Waals surface area (Å²) < 4.78 is 10.5. The molecule has 0 saturated carbocycles. The van der Waals surface area contributed by atoms with Crippen LogP contribution in [-0.4, -0.2) is 27.2 Å². The van der Waals surface area contributed by atoms with Gasteiger partial charge in [0.25, 0.3) is 0 Å². The van der Waals surface area contributed by atoms with Crippen LogP contribution in [0, 0.1) is 13.8 Å². The van der Waals surface area contributed by atoms with Crippen LogP contribution >= 0.6 is 15.9 Å². The minimum Gasteiger partial charge on any atom is -0.496 e. The Balaban J connectivity index is 1.56. The molecule has 0 radical (unpaired) electrons. The van der Waals surface area contributed by atoms with Gasteiger partial charge in [-0.25, -0.2) is 0 Å². The largest absolute Gasteiger partial charge is 0.496 e. The molecule has 2 heterocycles. The van der Waals surface area contributed by atoms with Crippen molar-refractivity contribution in [2.75, 3.05) is 7.11 Å². The van der Waals surface area contributed by atoms with Gasteiger partial charge in [0.1, 0.15) is 5.75 Å². The third kappa shape index (κ3) is 4.60. The van der Waals surface area contributed by atoms with Gasteiger partial charge in [-0.2, -0.15) is 5.10 Å². The number of carbonyl (C=O) groups excluding carboxylic acids is 1. The summed E-state index contributed by atoms with van der Waals surface area (Å²) >= 11 is 3.58. The maximum absolute atomic E-state index is 12.8. The molecule has 0 amide bonds. The Morgan fingerprint density at radius 2 is 1.88 bits per heavy atom. The molecule has 2 aromatic heterocycles. The van der Waals surface area contributed by atoms with E-state index in [-0.39, 0.29) is 5.78 Å². The first-order valence-electron chi connectivity index (χ1n) is 10.3. The summed E-state index contributed by atoms with van der Waals surface area (Å²) in [5.74, 6) is 0.746. The standard InChI is InChI=1S/C26H24BrN3O2/c1-18-26(27)19(2)30(28-18)17-22-15-20(10-12-25(22)32-3)9-11-24(31)21-7-6-8-23(16-21)29-13-4-5-14-29/h4-16H,17H2,1-3H3/b11-9+. The summed E-state index contributed by atoms with van der Waals surface area (Å²) in [4.78, 5) is 12.8. The highest BCUT2D eigenvalue weighted by Gasteiger charge is 2.12. The lowest BCUT2D eigenvalue weighted by atomic mass is 10.1. The van der Waals surface area contributed by atoms with Gasteiger partial charge in [-0.3, -0.25) is 9.48 Å². The fourth-order valence-corrected chi connectivity index (χ4v) is 3.89. The molecule has 0 N–H and O–H groups in total. The van der Waals surface area contributed by atoms with Crippen molar-refractivity contribution in [3.63, 3.8) is 0 Å². The molecule has 32 heavy (non-hydrogen) atoms. The lowest BCUT2D eigenvalue weighted by Gasteiger charge is -2.11. The Labute approximate surface area is 196 Å². The molecule has 6 heteroatoms. The molecule has 0 aliphatic heterocycles. The molecular formula is C26H24BrN3O2. The highest BCUT2D eigenvalue weighted by Crippen LogP contribution is 2.25. The molecule has 0 fully saturated rings. The van der Waals surface area contributed by atoms with E-state index in [1.807, 2.05) is 96.2 Å². The molecule has 4 aromatic rings. The van der Waals surface area contributed by atoms with Crippen molar-refractivity contribution >= 4 is 27.8 Å². The molecular weight excluding hydrogens is 466 g/mol. The van der Waals surface area contributed by atoms with Crippen molar-refractivity contribution in [2.24, 2.45) is 0 Å². The van der Waals surface area contributed by atoms with Gasteiger partial charge in [0.15, 0.2) is 5.78 Å². The van der Waals surface area contributed by atoms with Gasteiger partial charge in [-0.1, -0.05) is 24.3 Å². The third-order valence-electron chi connectivity index (χ3n) is 5.38. The second-order valence-corrected chi connectivity index (χ2v) is 8.34. The van der Waals surface area contributed by atoms with Crippen LogP contribution in [0.2, 0.25) is 0 Å². The van der Waals surface area contributed by atoms with Crippen LogP contribution in [0.3, 0.4) is 0 Å². The zero-order chi connectivity index (χ0) is 22.7. The van der Waals surface area contributed by atoms with E-state index >= 15 is 0 Å². The molecule has 0 aliphatic rings. The van der Waals surface area contributed by atoms with Crippen molar-refractivity contribution in [1.29, 1.82) is 0 Å². The Bertz CT molecular complexity index is 1290. The number of hydrogen-bond donors (Lipinski definition) is 0. The summed E-state index contributed by atoms with van der Waals surface area (Å²) in [5, 5.41) is 4.59. The van der Waals surface area contributed by atoms with E-state index in [4.69, 9.17) is 4.74 Å². The van der Waals surface area contributed by atoms with Crippen molar-refractivity contribution in [1.82, 2.24) is 14.3 Å². The quantitative estimate of drug-likeness (QED) is 0.236. The number of halogens is 1. The van der Waals surface area contributed by atoms with E-state index < -0.39 is 0 Å². The molecule has 4 rings (SSSR count). The molecule has 5 nitrogen and oxygen atoms in total. The summed E-state index contributed by atoms with van der Waals surface area (Å²) in [7, 11) is 1.66. The first-order valence-corrected chi connectivity index (χ1v) is 11.1. The Morgan fingerprint density at radius 1 is 1.09 bits per heavy atom. The third-order valence-corrected chi connectivity index (χ3v) is 6.53. The number of carbonyl (C=O) groups is 1. The van der Waals surface area contributed by atoms with Gasteiger partial charge in [-0.05, 0) is 77.8 Å². The van der Waals surface area contributed by atoms with Crippen LogP contribution in [-0.2, 0) is 6.54 Å². The first-order chi connectivity index (χ1) is 15.5. The molecule has 0 unspecified atom stereocenters. The number of methoxy groups -OCH3 is 1. The number of aromatic nitrogens is 3. The van der Waals surface area contributed by atoms with E-state index in [1.54, 1.807) is 13.2 Å². The van der Waals surface area contributed by atoms with Crippen LogP contribution in [0.5, 0.6) is 5.75 Å². The number of hydrogen-bond acceptors (Lipinski definition) is 3. The summed E-state index contributed by atoms with van der Waals surface area (Å²) in [6.07, 6.45) is 7.37. The normalized spacial score (nSPS) is 11.2. The maximum Gasteiger partial charge on any atom is 0.185 e. The van der Waals surface area contributed by atoms with Crippen LogP contribution < -0.4 is 4.74 Å². The average molecular weight is 490 g/mol. The maximum atomic E-state index is 12.8. The Kier molecular flexibility index (Phi) is 6.42. The van der Waals surface area contributed by atoms with Gasteiger partial charge in [-0.15, -0.1) is 0 Å². The van der Waals surface area contributed by atoms with Crippen LogP contribution in [0.25, 0.3) is 11.8 Å². The number of ketones is 1. The van der Waals surface area contributed by atoms with Crippen molar-refractivity contribution in [3.8, 4) is 11.4 Å². The highest BCUT2D eigenvalue weighted by molar-refractivity contribution is 9.10. The molecule has 0 bridgehead atoms. The topological polar surface area (TPSA) is 49.0 Å². The smallest absolute Gasteiger partial charge is 0.185 e. The van der Waals surface area contributed by atoms with E-state index in [9.17, 15) is 4.79 Å². The van der Waals surface area contributed by atoms with E-state index in [1.165, 1.54) is 0 Å². The van der Waals surface area contributed by atoms with E-state index in [0.717, 1.165) is 38.4 Å². The monoisotopic (exact) mass is 489 g/mol. The second kappa shape index (κ2) is 9.40. The van der Waals surface area contributed by atoms with Gasteiger partial charge < -0.3 is 9.30 Å². The number of nitrogens with zero attached hydrogens (tertiary/aromatic N) is 3. The summed E-state index contributed by atoms with van der Waals surface area (Å²) in [5.41, 5.74) is 5.53. The fourth-order valence-electron chi connectivity index (χ4n) is 3.61. The van der Waals surface area contributed by atoms with Gasteiger partial charge >= 0.3 is 0 Å². The fraction of sp³-hybridized carbons (Fsp3) is 0.154.